The van der Waals surface area contributed by atoms with Crippen molar-refractivity contribution in [2.75, 3.05) is 46.3 Å². The maximum absolute atomic E-state index is 6.15. The van der Waals surface area contributed by atoms with Gasteiger partial charge >= 0.3 is 0 Å². The Balaban J connectivity index is 1.21. The Morgan fingerprint density at radius 1 is 0.683 bits per heavy atom. The van der Waals surface area contributed by atoms with Gasteiger partial charge in [-0.2, -0.15) is 5.10 Å². The van der Waals surface area contributed by atoms with Crippen molar-refractivity contribution in [3.05, 3.63) is 124 Å². The number of nitrogens with zero attached hydrogens (tertiary/aromatic N) is 5. The zero-order valence-electron chi connectivity index (χ0n) is 24.3. The lowest BCUT2D eigenvalue weighted by Gasteiger charge is -2.43. The van der Waals surface area contributed by atoms with Crippen LogP contribution in [0.5, 0.6) is 0 Å². The minimum atomic E-state index is 0.0634. The van der Waals surface area contributed by atoms with Gasteiger partial charge < -0.3 is 4.90 Å². The van der Waals surface area contributed by atoms with Gasteiger partial charge in [0.15, 0.2) is 0 Å². The minimum absolute atomic E-state index is 0.0634. The molecule has 0 N–H and O–H groups in total. The minimum Gasteiger partial charge on any atom is -0.305 e. The lowest BCUT2D eigenvalue weighted by molar-refractivity contribution is 0.169. The number of halogens is 1. The van der Waals surface area contributed by atoms with Crippen LogP contribution in [0.1, 0.15) is 47.2 Å². The first-order chi connectivity index (χ1) is 20.1. The van der Waals surface area contributed by atoms with Crippen molar-refractivity contribution in [3.63, 3.8) is 0 Å². The quantitative estimate of drug-likeness (QED) is 0.249. The number of rotatable bonds is 8. The maximum Gasteiger partial charge on any atom is 0.0809 e. The topological polar surface area (TPSA) is 27.5 Å². The van der Waals surface area contributed by atoms with E-state index in [0.29, 0.717) is 0 Å². The van der Waals surface area contributed by atoms with Crippen LogP contribution in [0.3, 0.4) is 0 Å². The number of aromatic nitrogens is 2. The fraction of sp³-hybridized carbons (Fsp3) is 0.400. The molecule has 2 fully saturated rings. The summed E-state index contributed by atoms with van der Waals surface area (Å²) in [5.74, 6) is 0. The molecule has 5 nitrogen and oxygen atoms in total. The summed E-state index contributed by atoms with van der Waals surface area (Å²) in [5.41, 5.74) is 6.75. The third-order valence-corrected chi connectivity index (χ3v) is 9.38. The lowest BCUT2D eigenvalue weighted by atomic mass is 9.68. The van der Waals surface area contributed by atoms with E-state index in [-0.39, 0.29) is 5.41 Å². The molecular weight excluding hydrogens is 526 g/mol. The van der Waals surface area contributed by atoms with Crippen LogP contribution in [0.25, 0.3) is 0 Å². The SMILES string of the molecule is CN1CCCN(Cc2cn(Cc3ccc(Cl)cc3)nc2CN2CCC(c3ccccc3)(c3ccccc3)CC2)CC1. The summed E-state index contributed by atoms with van der Waals surface area (Å²) < 4.78 is 2.14. The average molecular weight is 568 g/mol. The van der Waals surface area contributed by atoms with Crippen LogP contribution >= 0.6 is 11.6 Å². The van der Waals surface area contributed by atoms with Crippen LogP contribution in [-0.4, -0.2) is 70.8 Å². The molecule has 0 bridgehead atoms. The smallest absolute Gasteiger partial charge is 0.0809 e. The number of piperidine rings is 1. The molecule has 3 aromatic carbocycles. The van der Waals surface area contributed by atoms with Crippen molar-refractivity contribution in [1.82, 2.24) is 24.5 Å². The molecule has 6 heteroatoms. The van der Waals surface area contributed by atoms with E-state index in [1.54, 1.807) is 0 Å². The summed E-state index contributed by atoms with van der Waals surface area (Å²) in [4.78, 5) is 7.69. The number of hydrogen-bond donors (Lipinski definition) is 0. The summed E-state index contributed by atoms with van der Waals surface area (Å²) in [6.45, 7) is 9.30. The van der Waals surface area contributed by atoms with Gasteiger partial charge in [0.2, 0.25) is 0 Å². The Morgan fingerprint density at radius 3 is 1.98 bits per heavy atom. The van der Waals surface area contributed by atoms with Gasteiger partial charge in [0.1, 0.15) is 0 Å². The second kappa shape index (κ2) is 12.9. The highest BCUT2D eigenvalue weighted by atomic mass is 35.5. The monoisotopic (exact) mass is 567 g/mol. The standard InChI is InChI=1S/C35H42ClN5/c1-38-19-8-20-39(24-23-38)26-30-27-41(25-29-13-15-33(36)16-14-29)37-34(30)28-40-21-17-35(18-22-40,31-9-4-2-5-10-31)32-11-6-3-7-12-32/h2-7,9-16,27H,8,17-26,28H2,1H3. The second-order valence-electron chi connectivity index (χ2n) is 11.9. The molecule has 2 aliphatic rings. The van der Waals surface area contributed by atoms with Gasteiger partial charge in [-0.15, -0.1) is 0 Å². The molecule has 0 saturated carbocycles. The number of hydrogen-bond acceptors (Lipinski definition) is 4. The van der Waals surface area contributed by atoms with Crippen molar-refractivity contribution in [1.29, 1.82) is 0 Å². The molecule has 0 aliphatic carbocycles. The van der Waals surface area contributed by atoms with E-state index in [4.69, 9.17) is 16.7 Å². The van der Waals surface area contributed by atoms with Crippen molar-refractivity contribution in [2.45, 2.75) is 44.3 Å². The summed E-state index contributed by atoms with van der Waals surface area (Å²) >= 11 is 6.15. The molecule has 0 amide bonds. The van der Waals surface area contributed by atoms with E-state index in [9.17, 15) is 0 Å². The molecule has 4 aromatic rings. The molecule has 0 spiro atoms. The first-order valence-corrected chi connectivity index (χ1v) is 15.5. The van der Waals surface area contributed by atoms with Crippen molar-refractivity contribution < 1.29 is 0 Å². The van der Waals surface area contributed by atoms with Gasteiger partial charge in [-0.25, -0.2) is 0 Å². The van der Waals surface area contributed by atoms with Crippen molar-refractivity contribution in [3.8, 4) is 0 Å². The van der Waals surface area contributed by atoms with E-state index in [1.165, 1.54) is 40.9 Å². The van der Waals surface area contributed by atoms with E-state index >= 15 is 0 Å². The van der Waals surface area contributed by atoms with E-state index < -0.39 is 0 Å². The predicted molar refractivity (Wildman–Crippen MR) is 168 cm³/mol. The number of benzene rings is 3. The highest BCUT2D eigenvalue weighted by molar-refractivity contribution is 6.30. The van der Waals surface area contributed by atoms with E-state index in [1.807, 2.05) is 12.1 Å². The molecule has 1 aromatic heterocycles. The lowest BCUT2D eigenvalue weighted by Crippen LogP contribution is -2.43. The summed E-state index contributed by atoms with van der Waals surface area (Å²) in [6.07, 6.45) is 5.74. The third kappa shape index (κ3) is 6.76. The Hall–Kier alpha value is -2.96. The number of likely N-dealkylation sites (tertiary alicyclic amines) is 1. The zero-order chi connectivity index (χ0) is 28.1. The van der Waals surface area contributed by atoms with Crippen LogP contribution in [0.2, 0.25) is 5.02 Å². The van der Waals surface area contributed by atoms with E-state index in [2.05, 4.69) is 105 Å². The molecular formula is C35H42ClN5. The van der Waals surface area contributed by atoms with Crippen LogP contribution in [0, 0.1) is 0 Å². The van der Waals surface area contributed by atoms with Crippen LogP contribution in [0.15, 0.2) is 91.1 Å². The fourth-order valence-corrected chi connectivity index (χ4v) is 6.81. The maximum atomic E-state index is 6.15. The Labute approximate surface area is 250 Å². The van der Waals surface area contributed by atoms with Gasteiger partial charge in [0, 0.05) is 48.4 Å². The zero-order valence-corrected chi connectivity index (χ0v) is 25.0. The Bertz CT molecular complexity index is 1340. The van der Waals surface area contributed by atoms with Crippen molar-refractivity contribution in [2.24, 2.45) is 0 Å². The van der Waals surface area contributed by atoms with Crippen LogP contribution < -0.4 is 0 Å². The third-order valence-electron chi connectivity index (χ3n) is 9.12. The highest BCUT2D eigenvalue weighted by Gasteiger charge is 2.38. The summed E-state index contributed by atoms with van der Waals surface area (Å²) in [7, 11) is 2.24. The van der Waals surface area contributed by atoms with Crippen LogP contribution in [0.4, 0.5) is 0 Å². The molecule has 3 heterocycles. The molecule has 2 saturated heterocycles. The normalized spacial score (nSPS) is 18.8. The molecule has 0 atom stereocenters. The molecule has 214 valence electrons. The second-order valence-corrected chi connectivity index (χ2v) is 12.4. The summed E-state index contributed by atoms with van der Waals surface area (Å²) in [5, 5.41) is 5.96. The Morgan fingerprint density at radius 2 is 1.32 bits per heavy atom. The Kier molecular flexibility index (Phi) is 8.87. The molecule has 41 heavy (non-hydrogen) atoms. The van der Waals surface area contributed by atoms with Gasteiger partial charge in [0.05, 0.1) is 12.2 Å². The number of likely N-dealkylation sites (N-methyl/N-ethyl adjacent to an activating group) is 1. The summed E-state index contributed by atoms with van der Waals surface area (Å²) in [6, 6.07) is 30.4. The molecule has 2 aliphatic heterocycles. The van der Waals surface area contributed by atoms with Gasteiger partial charge in [-0.05, 0) is 81.3 Å². The van der Waals surface area contributed by atoms with Gasteiger partial charge in [-0.1, -0.05) is 84.4 Å². The molecule has 6 rings (SSSR count). The van der Waals surface area contributed by atoms with E-state index in [0.717, 1.165) is 70.2 Å². The predicted octanol–water partition coefficient (Wildman–Crippen LogP) is 6.30. The van der Waals surface area contributed by atoms with Gasteiger partial charge in [0.25, 0.3) is 0 Å². The molecule has 0 radical (unpaired) electrons. The van der Waals surface area contributed by atoms with Crippen LogP contribution in [-0.2, 0) is 25.0 Å². The average Bonchev–Trinajstić information content (AvgIpc) is 3.25. The van der Waals surface area contributed by atoms with Crippen molar-refractivity contribution >= 4 is 11.6 Å². The molecule has 0 unspecified atom stereocenters. The fourth-order valence-electron chi connectivity index (χ4n) is 6.69. The largest absolute Gasteiger partial charge is 0.305 e. The first-order valence-electron chi connectivity index (χ1n) is 15.1. The van der Waals surface area contributed by atoms with Gasteiger partial charge in [-0.3, -0.25) is 14.5 Å². The highest BCUT2D eigenvalue weighted by Crippen LogP contribution is 2.42. The first kappa shape index (κ1) is 28.2.